The van der Waals surface area contributed by atoms with Gasteiger partial charge in [0.2, 0.25) is 0 Å². The zero-order valence-corrected chi connectivity index (χ0v) is 9.52. The monoisotopic (exact) mass is 249 g/mol. The number of hydrogen-bond donors (Lipinski definition) is 1. The van der Waals surface area contributed by atoms with Crippen LogP contribution >= 0.6 is 0 Å². The average molecular weight is 249 g/mol. The van der Waals surface area contributed by atoms with Gasteiger partial charge in [-0.3, -0.25) is 0 Å². The van der Waals surface area contributed by atoms with E-state index in [0.29, 0.717) is 19.4 Å². The van der Waals surface area contributed by atoms with Gasteiger partial charge in [0, 0.05) is 19.0 Å². The van der Waals surface area contributed by atoms with Crippen molar-refractivity contribution < 1.29 is 23.4 Å². The molecule has 0 aromatic rings. The fourth-order valence-corrected chi connectivity index (χ4v) is 1.88. The Labute approximate surface area is 98.9 Å². The predicted octanol–water partition coefficient (Wildman–Crippen LogP) is 1.65. The second-order valence-electron chi connectivity index (χ2n) is 4.04. The van der Waals surface area contributed by atoms with Gasteiger partial charge in [-0.05, 0) is 12.8 Å². The first-order valence-electron chi connectivity index (χ1n) is 5.55. The molecule has 17 heavy (non-hydrogen) atoms. The largest absolute Gasteiger partial charge is 0.445 e. The molecule has 1 N–H and O–H groups in total. The average Bonchev–Trinajstić information content (AvgIpc) is 2.35. The number of carbonyl (C=O) groups is 1. The normalized spacial score (nSPS) is 22.4. The van der Waals surface area contributed by atoms with E-state index in [-0.39, 0.29) is 13.2 Å². The van der Waals surface area contributed by atoms with Gasteiger partial charge in [-0.2, -0.15) is 0 Å². The molecule has 1 fully saturated rings. The predicted molar refractivity (Wildman–Crippen MR) is 57.9 cm³/mol. The lowest BCUT2D eigenvalue weighted by molar-refractivity contribution is -0.0550. The lowest BCUT2D eigenvalue weighted by atomic mass is 9.93. The Morgan fingerprint density at radius 2 is 2.35 bits per heavy atom. The van der Waals surface area contributed by atoms with Gasteiger partial charge in [0.15, 0.2) is 0 Å². The molecule has 0 saturated carbocycles. The number of amides is 1. The van der Waals surface area contributed by atoms with E-state index >= 15 is 0 Å². The molecule has 0 radical (unpaired) electrons. The second-order valence-corrected chi connectivity index (χ2v) is 4.04. The van der Waals surface area contributed by atoms with Gasteiger partial charge in [0.25, 0.3) is 6.43 Å². The molecular weight excluding hydrogens is 232 g/mol. The van der Waals surface area contributed by atoms with Crippen LogP contribution in [0.5, 0.6) is 0 Å². The highest BCUT2D eigenvalue weighted by atomic mass is 19.3. The highest BCUT2D eigenvalue weighted by molar-refractivity contribution is 5.67. The van der Waals surface area contributed by atoms with E-state index in [4.69, 9.17) is 4.74 Å². The fraction of sp³-hybridized carbons (Fsp3) is 0.727. The van der Waals surface area contributed by atoms with Crippen LogP contribution in [0.3, 0.4) is 0 Å². The van der Waals surface area contributed by atoms with Crippen molar-refractivity contribution in [2.45, 2.75) is 25.4 Å². The van der Waals surface area contributed by atoms with Crippen molar-refractivity contribution in [3.8, 4) is 0 Å². The molecule has 0 aromatic heterocycles. The van der Waals surface area contributed by atoms with Crippen molar-refractivity contribution in [1.82, 2.24) is 4.90 Å². The summed E-state index contributed by atoms with van der Waals surface area (Å²) in [7, 11) is 0. The molecule has 0 spiro atoms. The molecule has 0 bridgehead atoms. The van der Waals surface area contributed by atoms with E-state index in [1.54, 1.807) is 0 Å². The van der Waals surface area contributed by atoms with Gasteiger partial charge in [-0.25, -0.2) is 13.6 Å². The minimum absolute atomic E-state index is 0.0946. The number of carbonyl (C=O) groups excluding carboxylic acids is 1. The van der Waals surface area contributed by atoms with Crippen LogP contribution in [0.4, 0.5) is 13.6 Å². The number of alkyl halides is 2. The third-order valence-corrected chi connectivity index (χ3v) is 2.78. The van der Waals surface area contributed by atoms with Crippen molar-refractivity contribution in [1.29, 1.82) is 0 Å². The minimum atomic E-state index is -2.77. The maximum Gasteiger partial charge on any atom is 0.410 e. The molecule has 0 aromatic carbocycles. The van der Waals surface area contributed by atoms with Crippen LogP contribution in [0.25, 0.3) is 0 Å². The Balaban J connectivity index is 2.48. The van der Waals surface area contributed by atoms with E-state index in [2.05, 4.69) is 6.58 Å². The van der Waals surface area contributed by atoms with Crippen molar-refractivity contribution in [3.63, 3.8) is 0 Å². The smallest absolute Gasteiger partial charge is 0.410 e. The zero-order chi connectivity index (χ0) is 12.8. The fourth-order valence-electron chi connectivity index (χ4n) is 1.88. The molecule has 1 rings (SSSR count). The molecule has 1 heterocycles. The summed E-state index contributed by atoms with van der Waals surface area (Å²) in [5, 5.41) is 9.28. The first-order chi connectivity index (χ1) is 8.06. The Kier molecular flexibility index (Phi) is 5.34. The molecule has 2 unspecified atom stereocenters. The van der Waals surface area contributed by atoms with Crippen molar-refractivity contribution in [3.05, 3.63) is 12.7 Å². The Morgan fingerprint density at radius 3 is 2.94 bits per heavy atom. The SMILES string of the molecule is C=CCOC(=O)N1CCCC(C(O)C(F)F)C1. The molecule has 1 aliphatic rings. The van der Waals surface area contributed by atoms with Crippen LogP contribution in [-0.2, 0) is 4.74 Å². The molecule has 0 aliphatic carbocycles. The van der Waals surface area contributed by atoms with E-state index in [9.17, 15) is 18.7 Å². The van der Waals surface area contributed by atoms with Crippen LogP contribution in [0.2, 0.25) is 0 Å². The number of hydrogen-bond acceptors (Lipinski definition) is 3. The number of halogens is 2. The van der Waals surface area contributed by atoms with Crippen molar-refractivity contribution >= 4 is 6.09 Å². The van der Waals surface area contributed by atoms with Crippen LogP contribution in [0, 0.1) is 5.92 Å². The van der Waals surface area contributed by atoms with Crippen LogP contribution in [0.15, 0.2) is 12.7 Å². The Morgan fingerprint density at radius 1 is 1.65 bits per heavy atom. The summed E-state index contributed by atoms with van der Waals surface area (Å²) in [4.78, 5) is 12.8. The topological polar surface area (TPSA) is 49.8 Å². The maximum absolute atomic E-state index is 12.3. The molecule has 4 nitrogen and oxygen atoms in total. The number of piperidine rings is 1. The summed E-state index contributed by atoms with van der Waals surface area (Å²) < 4.78 is 29.5. The molecule has 98 valence electrons. The van der Waals surface area contributed by atoms with Gasteiger partial charge in [0.1, 0.15) is 12.7 Å². The number of likely N-dealkylation sites (tertiary alicyclic amines) is 1. The number of aliphatic hydroxyl groups excluding tert-OH is 1. The third kappa shape index (κ3) is 3.96. The van der Waals surface area contributed by atoms with Crippen molar-refractivity contribution in [2.75, 3.05) is 19.7 Å². The quantitative estimate of drug-likeness (QED) is 0.771. The first-order valence-corrected chi connectivity index (χ1v) is 5.55. The molecule has 6 heteroatoms. The van der Waals surface area contributed by atoms with Crippen molar-refractivity contribution in [2.24, 2.45) is 5.92 Å². The lowest BCUT2D eigenvalue weighted by Gasteiger charge is -2.34. The Bertz CT molecular complexity index is 273. The maximum atomic E-state index is 12.3. The van der Waals surface area contributed by atoms with E-state index in [0.717, 1.165) is 0 Å². The second kappa shape index (κ2) is 6.54. The number of aliphatic hydroxyl groups is 1. The standard InChI is InChI=1S/C11H17F2NO3/c1-2-6-17-11(16)14-5-3-4-8(7-14)9(15)10(12)13/h2,8-10,15H,1,3-7H2. The van der Waals surface area contributed by atoms with Crippen LogP contribution in [0.1, 0.15) is 12.8 Å². The van der Waals surface area contributed by atoms with Gasteiger partial charge in [-0.1, -0.05) is 12.7 Å². The molecule has 1 aliphatic heterocycles. The number of nitrogens with zero attached hydrogens (tertiary/aromatic N) is 1. The highest BCUT2D eigenvalue weighted by Crippen LogP contribution is 2.23. The van der Waals surface area contributed by atoms with Gasteiger partial charge in [-0.15, -0.1) is 0 Å². The summed E-state index contributed by atoms with van der Waals surface area (Å²) in [5.74, 6) is -0.583. The highest BCUT2D eigenvalue weighted by Gasteiger charge is 2.33. The summed E-state index contributed by atoms with van der Waals surface area (Å²) >= 11 is 0. The van der Waals surface area contributed by atoms with Gasteiger partial charge >= 0.3 is 6.09 Å². The lowest BCUT2D eigenvalue weighted by Crippen LogP contribution is -2.45. The summed E-state index contributed by atoms with van der Waals surface area (Å²) in [5.41, 5.74) is 0. The first kappa shape index (κ1) is 13.9. The molecule has 2 atom stereocenters. The molecule has 1 amide bonds. The number of rotatable bonds is 4. The minimum Gasteiger partial charge on any atom is -0.445 e. The van der Waals surface area contributed by atoms with Crippen LogP contribution in [-0.4, -0.2) is 48.3 Å². The molecule has 1 saturated heterocycles. The van der Waals surface area contributed by atoms with Gasteiger partial charge < -0.3 is 14.7 Å². The number of ether oxygens (including phenoxy) is 1. The van der Waals surface area contributed by atoms with E-state index in [1.165, 1.54) is 11.0 Å². The zero-order valence-electron chi connectivity index (χ0n) is 9.52. The summed E-state index contributed by atoms with van der Waals surface area (Å²) in [6.07, 6.45) is -2.47. The van der Waals surface area contributed by atoms with E-state index < -0.39 is 24.5 Å². The van der Waals surface area contributed by atoms with Gasteiger partial charge in [0.05, 0.1) is 0 Å². The summed E-state index contributed by atoms with van der Waals surface area (Å²) in [6.45, 7) is 4.09. The molecular formula is C11H17F2NO3. The third-order valence-electron chi connectivity index (χ3n) is 2.78. The summed E-state index contributed by atoms with van der Waals surface area (Å²) in [6, 6.07) is 0. The van der Waals surface area contributed by atoms with E-state index in [1.807, 2.05) is 0 Å². The Hall–Kier alpha value is -1.17. The van der Waals surface area contributed by atoms with Crippen LogP contribution < -0.4 is 0 Å².